The van der Waals surface area contributed by atoms with E-state index in [2.05, 4.69) is 40.7 Å². The second-order valence-corrected chi connectivity index (χ2v) is 14.7. The quantitative estimate of drug-likeness (QED) is 0.360. The highest BCUT2D eigenvalue weighted by atomic mass is 35.5. The van der Waals surface area contributed by atoms with E-state index in [-0.39, 0.29) is 11.3 Å². The number of benzene rings is 1. The van der Waals surface area contributed by atoms with Crippen LogP contribution in [-0.4, -0.2) is 11.1 Å². The predicted molar refractivity (Wildman–Crippen MR) is 154 cm³/mol. The minimum atomic E-state index is -0.835. The number of hydrogen-bond acceptors (Lipinski definition) is 1. The fourth-order valence-electron chi connectivity index (χ4n) is 10.0. The average molecular weight is 525 g/mol. The molecule has 8 atom stereocenters. The summed E-state index contributed by atoms with van der Waals surface area (Å²) in [6.07, 6.45) is 16.9. The lowest BCUT2D eigenvalue weighted by molar-refractivity contribution is -0.0510. The largest absolute Gasteiger partial charge is 0.478 e. The molecule has 0 aliphatic heterocycles. The van der Waals surface area contributed by atoms with Crippen LogP contribution in [0.5, 0.6) is 0 Å². The summed E-state index contributed by atoms with van der Waals surface area (Å²) in [6.45, 7) is 12.5. The number of rotatable bonds is 7. The third kappa shape index (κ3) is 4.83. The average Bonchev–Trinajstić information content (AvgIpc) is 3.20. The van der Waals surface area contributed by atoms with Crippen LogP contribution in [0.1, 0.15) is 127 Å². The van der Waals surface area contributed by atoms with Crippen molar-refractivity contribution >= 4 is 17.6 Å². The molecule has 0 heterocycles. The minimum absolute atomic E-state index is 0.261. The molecule has 0 bridgehead atoms. The maximum Gasteiger partial charge on any atom is 0.335 e. The fraction of sp³-hybridized carbons (Fsp3) is 0.735. The first-order valence-electron chi connectivity index (χ1n) is 15.3. The summed E-state index contributed by atoms with van der Waals surface area (Å²) < 4.78 is 0. The van der Waals surface area contributed by atoms with Crippen molar-refractivity contribution in [1.29, 1.82) is 0 Å². The van der Waals surface area contributed by atoms with E-state index >= 15 is 0 Å². The van der Waals surface area contributed by atoms with E-state index in [0.29, 0.717) is 16.0 Å². The molecule has 4 aliphatic carbocycles. The zero-order valence-electron chi connectivity index (χ0n) is 23.9. The Morgan fingerprint density at radius 3 is 2.57 bits per heavy atom. The van der Waals surface area contributed by atoms with Crippen LogP contribution in [-0.2, 0) is 0 Å². The van der Waals surface area contributed by atoms with Crippen molar-refractivity contribution in [2.75, 3.05) is 0 Å². The first-order valence-corrected chi connectivity index (χ1v) is 15.6. The summed E-state index contributed by atoms with van der Waals surface area (Å²) in [5.74, 6) is 4.50. The normalized spacial score (nSPS) is 37.9. The molecule has 1 aromatic carbocycles. The lowest BCUT2D eigenvalue weighted by atomic mass is 9.46. The van der Waals surface area contributed by atoms with Crippen LogP contribution in [0.4, 0.5) is 0 Å². The van der Waals surface area contributed by atoms with E-state index in [4.69, 9.17) is 11.6 Å². The number of allylic oxidation sites excluding steroid dienone is 2. The van der Waals surface area contributed by atoms with E-state index in [1.807, 2.05) is 6.07 Å². The van der Waals surface area contributed by atoms with Crippen molar-refractivity contribution in [3.05, 3.63) is 46.0 Å². The Bertz CT molecular complexity index is 1040. The number of fused-ring (bicyclic) bond motifs is 5. The smallest absolute Gasteiger partial charge is 0.335 e. The number of aromatic carboxylic acids is 1. The van der Waals surface area contributed by atoms with Crippen LogP contribution in [0.2, 0.25) is 5.02 Å². The van der Waals surface area contributed by atoms with Gasteiger partial charge in [-0.1, -0.05) is 77.1 Å². The molecule has 5 rings (SSSR count). The summed E-state index contributed by atoms with van der Waals surface area (Å²) in [4.78, 5) is 11.9. The number of halogens is 1. The Morgan fingerprint density at radius 1 is 1.05 bits per heavy atom. The molecule has 3 fully saturated rings. The van der Waals surface area contributed by atoms with Crippen LogP contribution in [0, 0.1) is 46.3 Å². The molecular formula is C34H49ClO2. The molecule has 37 heavy (non-hydrogen) atoms. The molecule has 1 N–H and O–H groups in total. The first-order chi connectivity index (χ1) is 17.5. The fourth-order valence-corrected chi connectivity index (χ4v) is 10.2. The van der Waals surface area contributed by atoms with E-state index in [9.17, 15) is 9.90 Å². The van der Waals surface area contributed by atoms with Gasteiger partial charge in [0, 0.05) is 5.02 Å². The lowest BCUT2D eigenvalue weighted by Gasteiger charge is -2.58. The van der Waals surface area contributed by atoms with Gasteiger partial charge < -0.3 is 5.11 Å². The van der Waals surface area contributed by atoms with E-state index in [1.54, 1.807) is 17.7 Å². The SMILES string of the molecule is CC(C)CCC[C@@H](C)[C@H]1CC[C@H]2[C@@H]3CC=C4C[C@@H](c5cc(Cl)ccc5C(=O)O)CC[C@]4(C)[C@H]3CC[C@]12C. The minimum Gasteiger partial charge on any atom is -0.478 e. The molecular weight excluding hydrogens is 476 g/mol. The second-order valence-electron chi connectivity index (χ2n) is 14.3. The van der Waals surface area contributed by atoms with Gasteiger partial charge in [-0.15, -0.1) is 0 Å². The highest BCUT2D eigenvalue weighted by Crippen LogP contribution is 2.68. The maximum absolute atomic E-state index is 11.9. The standard InChI is InChI=1S/C34H49ClO2/c1-21(2)7-6-8-22(3)29-13-14-30-27-11-9-24-19-23(28-20-25(35)10-12-26(28)32(36)37)15-17-33(24,4)31(27)16-18-34(29,30)5/h9-10,12,20-23,27,29-31H,6-8,11,13-19H2,1-5H3,(H,36,37)/t22-,23+,27+,29-,30+,31+,33+,34-/m1/s1. The number of carbonyl (C=O) groups is 1. The molecule has 3 heteroatoms. The topological polar surface area (TPSA) is 37.3 Å². The van der Waals surface area contributed by atoms with Crippen molar-refractivity contribution in [1.82, 2.24) is 0 Å². The molecule has 204 valence electrons. The molecule has 0 radical (unpaired) electrons. The summed E-state index contributed by atoms with van der Waals surface area (Å²) in [5, 5.41) is 10.5. The van der Waals surface area contributed by atoms with Crippen LogP contribution in [0.15, 0.2) is 29.8 Å². The number of carboxylic acids is 1. The summed E-state index contributed by atoms with van der Waals surface area (Å²) in [5.41, 5.74) is 3.78. The first kappa shape index (κ1) is 27.3. The van der Waals surface area contributed by atoms with Crippen LogP contribution in [0.3, 0.4) is 0 Å². The monoisotopic (exact) mass is 524 g/mol. The Balaban J connectivity index is 1.33. The highest BCUT2D eigenvalue weighted by molar-refractivity contribution is 6.30. The van der Waals surface area contributed by atoms with Crippen molar-refractivity contribution in [2.45, 2.75) is 111 Å². The molecule has 2 nitrogen and oxygen atoms in total. The maximum atomic E-state index is 11.9. The van der Waals surface area contributed by atoms with Crippen LogP contribution in [0.25, 0.3) is 0 Å². The van der Waals surface area contributed by atoms with E-state index < -0.39 is 5.97 Å². The number of carboxylic acid groups (broad SMARTS) is 1. The number of hydrogen-bond donors (Lipinski definition) is 1. The molecule has 0 unspecified atom stereocenters. The van der Waals surface area contributed by atoms with Crippen molar-refractivity contribution < 1.29 is 9.90 Å². The molecule has 0 amide bonds. The van der Waals surface area contributed by atoms with Gasteiger partial charge in [0.15, 0.2) is 0 Å². The predicted octanol–water partition coefficient (Wildman–Crippen LogP) is 10.2. The van der Waals surface area contributed by atoms with Crippen LogP contribution < -0.4 is 0 Å². The van der Waals surface area contributed by atoms with Crippen molar-refractivity contribution in [3.8, 4) is 0 Å². The van der Waals surface area contributed by atoms with Crippen molar-refractivity contribution in [2.24, 2.45) is 46.3 Å². The van der Waals surface area contributed by atoms with Gasteiger partial charge in [0.25, 0.3) is 0 Å². The van der Waals surface area contributed by atoms with E-state index in [0.717, 1.165) is 53.9 Å². The molecule has 0 saturated heterocycles. The van der Waals surface area contributed by atoms with Crippen molar-refractivity contribution in [3.63, 3.8) is 0 Å². The van der Waals surface area contributed by atoms with Gasteiger partial charge in [-0.25, -0.2) is 4.79 Å². The molecule has 0 spiro atoms. The Kier molecular flexibility index (Phi) is 7.64. The van der Waals surface area contributed by atoms with Gasteiger partial charge in [0.1, 0.15) is 0 Å². The summed E-state index contributed by atoms with van der Waals surface area (Å²) in [6, 6.07) is 5.32. The van der Waals surface area contributed by atoms with Crippen LogP contribution >= 0.6 is 11.6 Å². The molecule has 3 saturated carbocycles. The van der Waals surface area contributed by atoms with Gasteiger partial charge in [-0.2, -0.15) is 0 Å². The Labute approximate surface area is 230 Å². The van der Waals surface area contributed by atoms with Gasteiger partial charge in [-0.3, -0.25) is 0 Å². The van der Waals surface area contributed by atoms with Gasteiger partial charge in [0.2, 0.25) is 0 Å². The Morgan fingerprint density at radius 2 is 1.84 bits per heavy atom. The molecule has 4 aliphatic rings. The van der Waals surface area contributed by atoms with Gasteiger partial charge in [0.05, 0.1) is 5.56 Å². The molecule has 1 aromatic rings. The highest BCUT2D eigenvalue weighted by Gasteiger charge is 2.59. The van der Waals surface area contributed by atoms with E-state index in [1.165, 1.54) is 57.8 Å². The third-order valence-electron chi connectivity index (χ3n) is 12.0. The third-order valence-corrected chi connectivity index (χ3v) is 12.2. The lowest BCUT2D eigenvalue weighted by Crippen LogP contribution is -2.50. The molecule has 0 aromatic heterocycles. The summed E-state index contributed by atoms with van der Waals surface area (Å²) >= 11 is 6.33. The van der Waals surface area contributed by atoms with Gasteiger partial charge >= 0.3 is 5.97 Å². The Hall–Kier alpha value is -1.28. The zero-order chi connectivity index (χ0) is 26.5. The summed E-state index contributed by atoms with van der Waals surface area (Å²) in [7, 11) is 0. The second kappa shape index (κ2) is 10.4. The zero-order valence-corrected chi connectivity index (χ0v) is 24.6. The van der Waals surface area contributed by atoms with Gasteiger partial charge in [-0.05, 0) is 127 Å².